The van der Waals surface area contributed by atoms with Crippen molar-refractivity contribution in [3.8, 4) is 0 Å². The predicted octanol–water partition coefficient (Wildman–Crippen LogP) is 5.34. The summed E-state index contributed by atoms with van der Waals surface area (Å²) in [6.45, 7) is 2.13. The summed E-state index contributed by atoms with van der Waals surface area (Å²) in [4.78, 5) is 0. The summed E-state index contributed by atoms with van der Waals surface area (Å²) in [5.41, 5.74) is 2.31. The maximum atomic E-state index is 5.97. The molecule has 1 N–H and O–H groups in total. The van der Waals surface area contributed by atoms with Crippen LogP contribution in [0.1, 0.15) is 18.5 Å². The summed E-state index contributed by atoms with van der Waals surface area (Å²) in [7, 11) is 0. The first-order valence-corrected chi connectivity index (χ1v) is 7.02. The molecular formula is C12H11BrClNS. The number of nitrogens with one attached hydrogen (secondary N) is 1. The maximum Gasteiger partial charge on any atom is 0.0504 e. The van der Waals surface area contributed by atoms with Crippen molar-refractivity contribution in [1.82, 2.24) is 0 Å². The standard InChI is InChI=1S/C12H11BrClNS/c1-8(9-4-5-16-7-9)15-12-6-10(14)2-3-11(12)13/h2-8,15H,1H3. The van der Waals surface area contributed by atoms with Crippen molar-refractivity contribution in [2.24, 2.45) is 0 Å². The van der Waals surface area contributed by atoms with Crippen LogP contribution in [0.2, 0.25) is 5.02 Å². The molecule has 1 atom stereocenters. The van der Waals surface area contributed by atoms with Crippen molar-refractivity contribution in [3.63, 3.8) is 0 Å². The molecule has 0 aliphatic rings. The zero-order chi connectivity index (χ0) is 11.5. The monoisotopic (exact) mass is 315 g/mol. The molecule has 4 heteroatoms. The van der Waals surface area contributed by atoms with Gasteiger partial charge in [0.25, 0.3) is 0 Å². The van der Waals surface area contributed by atoms with Crippen molar-refractivity contribution in [1.29, 1.82) is 0 Å². The van der Waals surface area contributed by atoms with Crippen LogP contribution in [0.25, 0.3) is 0 Å². The summed E-state index contributed by atoms with van der Waals surface area (Å²) >= 11 is 11.2. The van der Waals surface area contributed by atoms with E-state index in [1.807, 2.05) is 18.2 Å². The quantitative estimate of drug-likeness (QED) is 0.806. The van der Waals surface area contributed by atoms with E-state index >= 15 is 0 Å². The number of hydrogen-bond acceptors (Lipinski definition) is 2. The summed E-state index contributed by atoms with van der Waals surface area (Å²) < 4.78 is 1.03. The lowest BCUT2D eigenvalue weighted by atomic mass is 10.1. The van der Waals surface area contributed by atoms with Gasteiger partial charge in [-0.25, -0.2) is 0 Å². The first-order chi connectivity index (χ1) is 7.66. The Labute approximate surface area is 113 Å². The molecule has 16 heavy (non-hydrogen) atoms. The van der Waals surface area contributed by atoms with Gasteiger partial charge in [0, 0.05) is 15.5 Å². The van der Waals surface area contributed by atoms with E-state index in [2.05, 4.69) is 45.0 Å². The highest BCUT2D eigenvalue weighted by Gasteiger charge is 2.08. The fourth-order valence-electron chi connectivity index (χ4n) is 1.45. The number of thiophene rings is 1. The van der Waals surface area contributed by atoms with Gasteiger partial charge in [-0.3, -0.25) is 0 Å². The van der Waals surface area contributed by atoms with E-state index in [-0.39, 0.29) is 6.04 Å². The van der Waals surface area contributed by atoms with Crippen LogP contribution in [-0.2, 0) is 0 Å². The van der Waals surface area contributed by atoms with Gasteiger partial charge in [-0.1, -0.05) is 11.6 Å². The molecule has 0 amide bonds. The second kappa shape index (κ2) is 5.21. The summed E-state index contributed by atoms with van der Waals surface area (Å²) in [6, 6.07) is 8.15. The van der Waals surface area contributed by atoms with Gasteiger partial charge in [0.15, 0.2) is 0 Å². The number of anilines is 1. The molecule has 1 heterocycles. The molecule has 0 saturated heterocycles. The van der Waals surface area contributed by atoms with Crippen LogP contribution >= 0.6 is 38.9 Å². The highest BCUT2D eigenvalue weighted by atomic mass is 79.9. The van der Waals surface area contributed by atoms with Crippen molar-refractivity contribution in [2.75, 3.05) is 5.32 Å². The lowest BCUT2D eigenvalue weighted by molar-refractivity contribution is 0.889. The molecule has 84 valence electrons. The predicted molar refractivity (Wildman–Crippen MR) is 75.5 cm³/mol. The van der Waals surface area contributed by atoms with Crippen LogP contribution in [0.4, 0.5) is 5.69 Å². The number of halogens is 2. The van der Waals surface area contributed by atoms with Gasteiger partial charge in [0.05, 0.1) is 5.69 Å². The third kappa shape index (κ3) is 2.78. The molecule has 0 bridgehead atoms. The molecule has 0 radical (unpaired) electrons. The summed E-state index contributed by atoms with van der Waals surface area (Å²) in [6.07, 6.45) is 0. The Balaban J connectivity index is 2.17. The van der Waals surface area contributed by atoms with Crippen LogP contribution in [0.15, 0.2) is 39.5 Å². The fraction of sp³-hybridized carbons (Fsp3) is 0.167. The second-order valence-electron chi connectivity index (χ2n) is 3.55. The topological polar surface area (TPSA) is 12.0 Å². The molecule has 0 saturated carbocycles. The van der Waals surface area contributed by atoms with E-state index < -0.39 is 0 Å². The molecule has 0 spiro atoms. The van der Waals surface area contributed by atoms with Crippen molar-refractivity contribution in [3.05, 3.63) is 50.1 Å². The van der Waals surface area contributed by atoms with Gasteiger partial charge >= 0.3 is 0 Å². The SMILES string of the molecule is CC(Nc1cc(Cl)ccc1Br)c1ccsc1. The molecular weight excluding hydrogens is 306 g/mol. The summed E-state index contributed by atoms with van der Waals surface area (Å²) in [5, 5.41) is 8.40. The fourth-order valence-corrected chi connectivity index (χ4v) is 2.73. The minimum atomic E-state index is 0.279. The molecule has 1 unspecified atom stereocenters. The second-order valence-corrected chi connectivity index (χ2v) is 5.62. The van der Waals surface area contributed by atoms with Gasteiger partial charge in [-0.15, -0.1) is 0 Å². The third-order valence-electron chi connectivity index (χ3n) is 2.34. The lowest BCUT2D eigenvalue weighted by Gasteiger charge is -2.15. The largest absolute Gasteiger partial charge is 0.378 e. The average molecular weight is 317 g/mol. The van der Waals surface area contributed by atoms with Gasteiger partial charge < -0.3 is 5.32 Å². The zero-order valence-corrected chi connectivity index (χ0v) is 11.9. The van der Waals surface area contributed by atoms with E-state index in [1.54, 1.807) is 11.3 Å². The highest BCUT2D eigenvalue weighted by molar-refractivity contribution is 9.10. The Bertz CT molecular complexity index is 470. The van der Waals surface area contributed by atoms with Crippen LogP contribution in [0.5, 0.6) is 0 Å². The molecule has 2 rings (SSSR count). The zero-order valence-electron chi connectivity index (χ0n) is 8.71. The maximum absolute atomic E-state index is 5.97. The van der Waals surface area contributed by atoms with Crippen LogP contribution in [0, 0.1) is 0 Å². The van der Waals surface area contributed by atoms with E-state index in [0.717, 1.165) is 15.2 Å². The van der Waals surface area contributed by atoms with Crippen LogP contribution in [-0.4, -0.2) is 0 Å². The molecule has 0 fully saturated rings. The first kappa shape index (κ1) is 12.0. The minimum absolute atomic E-state index is 0.279. The van der Waals surface area contributed by atoms with E-state index in [9.17, 15) is 0 Å². The lowest BCUT2D eigenvalue weighted by Crippen LogP contribution is -2.05. The van der Waals surface area contributed by atoms with Gasteiger partial charge in [0.2, 0.25) is 0 Å². The smallest absolute Gasteiger partial charge is 0.0504 e. The Kier molecular flexibility index (Phi) is 3.90. The normalized spacial score (nSPS) is 12.4. The van der Waals surface area contributed by atoms with Crippen LogP contribution in [0.3, 0.4) is 0 Å². The van der Waals surface area contributed by atoms with E-state index in [1.165, 1.54) is 5.56 Å². The third-order valence-corrected chi connectivity index (χ3v) is 3.97. The number of benzene rings is 1. The highest BCUT2D eigenvalue weighted by Crippen LogP contribution is 2.29. The molecule has 0 aliphatic carbocycles. The van der Waals surface area contributed by atoms with Gasteiger partial charge in [-0.05, 0) is 63.4 Å². The van der Waals surface area contributed by atoms with Crippen LogP contribution < -0.4 is 5.32 Å². The van der Waals surface area contributed by atoms with Gasteiger partial charge in [-0.2, -0.15) is 11.3 Å². The van der Waals surface area contributed by atoms with Crippen molar-refractivity contribution in [2.45, 2.75) is 13.0 Å². The molecule has 1 aromatic heterocycles. The average Bonchev–Trinajstić information content (AvgIpc) is 2.76. The summed E-state index contributed by atoms with van der Waals surface area (Å²) in [5.74, 6) is 0. The Morgan fingerprint density at radius 3 is 2.88 bits per heavy atom. The Hall–Kier alpha value is -0.510. The Morgan fingerprint density at radius 2 is 2.19 bits per heavy atom. The molecule has 0 aliphatic heterocycles. The minimum Gasteiger partial charge on any atom is -0.378 e. The van der Waals surface area contributed by atoms with Crippen molar-refractivity contribution < 1.29 is 0 Å². The van der Waals surface area contributed by atoms with Crippen molar-refractivity contribution >= 4 is 44.6 Å². The number of rotatable bonds is 3. The molecule has 1 aromatic carbocycles. The van der Waals surface area contributed by atoms with E-state index in [4.69, 9.17) is 11.6 Å². The number of hydrogen-bond donors (Lipinski definition) is 1. The van der Waals surface area contributed by atoms with Gasteiger partial charge in [0.1, 0.15) is 0 Å². The van der Waals surface area contributed by atoms with E-state index in [0.29, 0.717) is 0 Å². The molecule has 2 aromatic rings. The molecule has 1 nitrogen and oxygen atoms in total. The first-order valence-electron chi connectivity index (χ1n) is 4.90. The Morgan fingerprint density at radius 1 is 1.38 bits per heavy atom.